The van der Waals surface area contributed by atoms with Crippen molar-refractivity contribution in [2.75, 3.05) is 31.1 Å². The topological polar surface area (TPSA) is 60.1 Å². The number of anilines is 1. The molecule has 0 amide bonds. The second-order valence-corrected chi connectivity index (χ2v) is 10.3. The van der Waals surface area contributed by atoms with Gasteiger partial charge < -0.3 is 14.8 Å². The van der Waals surface area contributed by atoms with Crippen molar-refractivity contribution in [2.24, 2.45) is 0 Å². The van der Waals surface area contributed by atoms with Crippen molar-refractivity contribution >= 4 is 5.69 Å². The molecule has 6 heteroatoms. The molecule has 4 rings (SSSR count). The van der Waals surface area contributed by atoms with Gasteiger partial charge in [-0.3, -0.25) is 4.90 Å². The molecule has 1 aliphatic rings. The maximum absolute atomic E-state index is 9.09. The van der Waals surface area contributed by atoms with Gasteiger partial charge in [-0.05, 0) is 57.5 Å². The van der Waals surface area contributed by atoms with Gasteiger partial charge in [-0.25, -0.2) is 4.98 Å². The molecule has 3 aromatic rings. The van der Waals surface area contributed by atoms with Crippen molar-refractivity contribution in [1.29, 1.82) is 5.26 Å². The average Bonchev–Trinajstić information content (AvgIpc) is 3.30. The molecular weight excluding hydrogens is 420 g/mol. The van der Waals surface area contributed by atoms with Gasteiger partial charge in [0.15, 0.2) is 0 Å². The third-order valence-electron chi connectivity index (χ3n) is 6.59. The molecule has 0 radical (unpaired) electrons. The van der Waals surface area contributed by atoms with E-state index in [-0.39, 0.29) is 11.6 Å². The van der Waals surface area contributed by atoms with Crippen molar-refractivity contribution in [3.63, 3.8) is 0 Å². The van der Waals surface area contributed by atoms with Gasteiger partial charge >= 0.3 is 0 Å². The monoisotopic (exact) mass is 456 g/mol. The molecular formula is C28H36N6. The highest BCUT2D eigenvalue weighted by Crippen LogP contribution is 2.24. The van der Waals surface area contributed by atoms with Crippen LogP contribution in [0.3, 0.4) is 0 Å². The van der Waals surface area contributed by atoms with Crippen molar-refractivity contribution in [3.05, 3.63) is 83.9 Å². The number of nitrogens with zero attached hydrogens (tertiary/aromatic N) is 5. The molecule has 0 aliphatic carbocycles. The summed E-state index contributed by atoms with van der Waals surface area (Å²) in [7, 11) is 0. The van der Waals surface area contributed by atoms with Crippen LogP contribution in [0.4, 0.5) is 5.69 Å². The van der Waals surface area contributed by atoms with Crippen LogP contribution in [0.15, 0.2) is 67.1 Å². The van der Waals surface area contributed by atoms with Gasteiger partial charge in [-0.2, -0.15) is 5.26 Å². The van der Waals surface area contributed by atoms with Gasteiger partial charge in [0.1, 0.15) is 0 Å². The Labute approximate surface area is 203 Å². The molecule has 1 saturated heterocycles. The Kier molecular flexibility index (Phi) is 7.35. The number of benzene rings is 2. The molecule has 0 spiro atoms. The Hall–Kier alpha value is -3.14. The number of nitriles is 1. The smallest absolute Gasteiger partial charge is 0.0991 e. The first-order chi connectivity index (χ1) is 16.3. The molecule has 0 bridgehead atoms. The van der Waals surface area contributed by atoms with Crippen LogP contribution in [0, 0.1) is 11.3 Å². The zero-order valence-corrected chi connectivity index (χ0v) is 20.8. The molecule has 2 atom stereocenters. The minimum atomic E-state index is 0.0831. The van der Waals surface area contributed by atoms with E-state index in [2.05, 4.69) is 88.8 Å². The van der Waals surface area contributed by atoms with Crippen LogP contribution in [0.25, 0.3) is 0 Å². The van der Waals surface area contributed by atoms with E-state index in [0.717, 1.165) is 32.7 Å². The van der Waals surface area contributed by atoms with Crippen LogP contribution in [0.5, 0.6) is 0 Å². The first-order valence-electron chi connectivity index (χ1n) is 12.1. The fraction of sp³-hybridized carbons (Fsp3) is 0.429. The molecule has 0 saturated carbocycles. The van der Waals surface area contributed by atoms with E-state index >= 15 is 0 Å². The van der Waals surface area contributed by atoms with Crippen LogP contribution in [0.2, 0.25) is 0 Å². The van der Waals surface area contributed by atoms with Crippen LogP contribution in [0.1, 0.15) is 50.6 Å². The molecule has 1 aliphatic heterocycles. The molecule has 1 fully saturated rings. The maximum Gasteiger partial charge on any atom is 0.0991 e. The third kappa shape index (κ3) is 5.85. The second-order valence-electron chi connectivity index (χ2n) is 10.3. The number of piperazine rings is 1. The first-order valence-corrected chi connectivity index (χ1v) is 12.1. The summed E-state index contributed by atoms with van der Waals surface area (Å²) in [5, 5.41) is 12.8. The molecule has 2 aromatic carbocycles. The first kappa shape index (κ1) is 24.0. The Balaban J connectivity index is 1.48. The Morgan fingerprint density at radius 2 is 1.82 bits per heavy atom. The average molecular weight is 457 g/mol. The van der Waals surface area contributed by atoms with E-state index in [4.69, 9.17) is 5.26 Å². The van der Waals surface area contributed by atoms with Crippen LogP contribution >= 0.6 is 0 Å². The lowest BCUT2D eigenvalue weighted by atomic mass is 10.1. The predicted octanol–water partition coefficient (Wildman–Crippen LogP) is 4.44. The number of rotatable bonds is 7. The van der Waals surface area contributed by atoms with Crippen molar-refractivity contribution in [3.8, 4) is 6.07 Å². The number of para-hydroxylation sites is 1. The molecule has 178 valence electrons. The van der Waals surface area contributed by atoms with Crippen molar-refractivity contribution < 1.29 is 0 Å². The number of aromatic nitrogens is 2. The number of imidazole rings is 1. The summed E-state index contributed by atoms with van der Waals surface area (Å²) in [6.45, 7) is 13.7. The van der Waals surface area contributed by atoms with E-state index in [1.54, 1.807) is 0 Å². The SMILES string of the molecule is CC(c1ccc(C#N)cc1)n1cncc1CN1CCN(c2ccccc2)C(CNC(C)(C)C)C1. The van der Waals surface area contributed by atoms with Crippen LogP contribution < -0.4 is 10.2 Å². The normalized spacial score (nSPS) is 18.0. The van der Waals surface area contributed by atoms with E-state index < -0.39 is 0 Å². The van der Waals surface area contributed by atoms with E-state index in [9.17, 15) is 0 Å². The van der Waals surface area contributed by atoms with Gasteiger partial charge in [0.2, 0.25) is 0 Å². The molecule has 1 N–H and O–H groups in total. The summed E-state index contributed by atoms with van der Waals surface area (Å²) < 4.78 is 2.26. The summed E-state index contributed by atoms with van der Waals surface area (Å²) in [5.41, 5.74) is 4.46. The van der Waals surface area contributed by atoms with Crippen LogP contribution in [-0.4, -0.2) is 52.2 Å². The van der Waals surface area contributed by atoms with Gasteiger partial charge in [-0.1, -0.05) is 30.3 Å². The van der Waals surface area contributed by atoms with E-state index in [1.807, 2.05) is 36.8 Å². The standard InChI is InChI=1S/C28H36N6/c1-22(24-12-10-23(16-29)11-13-24)34-21-30-17-26(34)19-32-14-15-33(25-8-6-5-7-9-25)27(20-32)18-31-28(2,3)4/h5-13,17,21-22,27,31H,14-15,18-20H2,1-4H3. The third-order valence-corrected chi connectivity index (χ3v) is 6.59. The lowest BCUT2D eigenvalue weighted by Gasteiger charge is -2.44. The van der Waals surface area contributed by atoms with Gasteiger partial charge in [0, 0.05) is 50.1 Å². The predicted molar refractivity (Wildman–Crippen MR) is 138 cm³/mol. The molecule has 6 nitrogen and oxygen atoms in total. The largest absolute Gasteiger partial charge is 0.365 e. The highest BCUT2D eigenvalue weighted by Gasteiger charge is 2.29. The fourth-order valence-electron chi connectivity index (χ4n) is 4.65. The van der Waals surface area contributed by atoms with E-state index in [1.165, 1.54) is 16.9 Å². The molecule has 1 aromatic heterocycles. The van der Waals surface area contributed by atoms with Crippen molar-refractivity contribution in [1.82, 2.24) is 19.8 Å². The summed E-state index contributed by atoms with van der Waals surface area (Å²) in [4.78, 5) is 9.58. The summed E-state index contributed by atoms with van der Waals surface area (Å²) >= 11 is 0. The maximum atomic E-state index is 9.09. The minimum Gasteiger partial charge on any atom is -0.365 e. The Morgan fingerprint density at radius 3 is 2.50 bits per heavy atom. The zero-order chi connectivity index (χ0) is 24.1. The van der Waals surface area contributed by atoms with Crippen molar-refractivity contribution in [2.45, 2.75) is 51.9 Å². The van der Waals surface area contributed by atoms with Gasteiger partial charge in [0.25, 0.3) is 0 Å². The number of nitrogens with one attached hydrogen (secondary N) is 1. The lowest BCUT2D eigenvalue weighted by Crippen LogP contribution is -2.58. The lowest BCUT2D eigenvalue weighted by molar-refractivity contribution is 0.202. The highest BCUT2D eigenvalue weighted by atomic mass is 15.3. The van der Waals surface area contributed by atoms with Crippen LogP contribution in [-0.2, 0) is 6.54 Å². The second kappa shape index (κ2) is 10.4. The zero-order valence-electron chi connectivity index (χ0n) is 20.8. The summed E-state index contributed by atoms with van der Waals surface area (Å²) in [6.07, 6.45) is 3.92. The molecule has 34 heavy (non-hydrogen) atoms. The Morgan fingerprint density at radius 1 is 1.09 bits per heavy atom. The summed E-state index contributed by atoms with van der Waals surface area (Å²) in [5.74, 6) is 0. The summed E-state index contributed by atoms with van der Waals surface area (Å²) in [6, 6.07) is 21.4. The molecule has 2 heterocycles. The van der Waals surface area contributed by atoms with E-state index in [0.29, 0.717) is 11.6 Å². The van der Waals surface area contributed by atoms with Gasteiger partial charge in [-0.15, -0.1) is 0 Å². The molecule has 2 unspecified atom stereocenters. The highest BCUT2D eigenvalue weighted by molar-refractivity contribution is 5.48. The van der Waals surface area contributed by atoms with Gasteiger partial charge in [0.05, 0.1) is 35.7 Å². The fourth-order valence-corrected chi connectivity index (χ4v) is 4.65. The number of hydrogen-bond acceptors (Lipinski definition) is 5. The number of hydrogen-bond donors (Lipinski definition) is 1. The quantitative estimate of drug-likeness (QED) is 0.569. The minimum absolute atomic E-state index is 0.0831. The Bertz CT molecular complexity index is 1090.